The van der Waals surface area contributed by atoms with E-state index >= 15 is 0 Å². The van der Waals surface area contributed by atoms with Crippen molar-refractivity contribution in [3.05, 3.63) is 96.1 Å². The molecule has 3 aromatic rings. The fourth-order valence-electron chi connectivity index (χ4n) is 4.47. The molecule has 0 fully saturated rings. The van der Waals surface area contributed by atoms with E-state index < -0.39 is 11.6 Å². The van der Waals surface area contributed by atoms with Gasteiger partial charge in [-0.25, -0.2) is 0 Å². The van der Waals surface area contributed by atoms with E-state index in [4.69, 9.17) is 0 Å². The van der Waals surface area contributed by atoms with Crippen molar-refractivity contribution in [1.82, 2.24) is 16.0 Å². The van der Waals surface area contributed by atoms with Gasteiger partial charge in [0.1, 0.15) is 0 Å². The first-order valence-corrected chi connectivity index (χ1v) is 14.1. The molecular weight excluding hydrogens is 514 g/mol. The fourth-order valence-corrected chi connectivity index (χ4v) is 4.47. The molecule has 2 atom stereocenters. The average Bonchev–Trinajstić information content (AvgIpc) is 2.94. The summed E-state index contributed by atoms with van der Waals surface area (Å²) in [6, 6.07) is 25.9. The largest absolute Gasteiger partial charge is 0.352 e. The number of carbonyl (C=O) groups excluding carboxylic acids is 4. The van der Waals surface area contributed by atoms with Crippen LogP contribution in [0.25, 0.3) is 11.1 Å². The number of rotatable bonds is 13. The number of hydrogen-bond acceptors (Lipinski definition) is 4. The van der Waals surface area contributed by atoms with Crippen molar-refractivity contribution < 1.29 is 19.2 Å². The van der Waals surface area contributed by atoms with Crippen LogP contribution in [0.2, 0.25) is 0 Å². The minimum absolute atomic E-state index is 0.108. The minimum atomic E-state index is -0.943. The van der Waals surface area contributed by atoms with E-state index in [-0.39, 0.29) is 55.2 Å². The minimum Gasteiger partial charge on any atom is -0.352 e. The molecule has 1 unspecified atom stereocenters. The van der Waals surface area contributed by atoms with Gasteiger partial charge in [-0.3, -0.25) is 19.2 Å². The van der Waals surface area contributed by atoms with E-state index in [1.807, 2.05) is 107 Å². The second-order valence-corrected chi connectivity index (χ2v) is 11.5. The maximum Gasteiger partial charge on any atom is 0.251 e. The lowest BCUT2D eigenvalue weighted by atomic mass is 9.97. The van der Waals surface area contributed by atoms with E-state index in [1.54, 1.807) is 6.07 Å². The second-order valence-electron chi connectivity index (χ2n) is 11.5. The molecule has 0 saturated heterocycles. The molecule has 0 aromatic heterocycles. The summed E-state index contributed by atoms with van der Waals surface area (Å²) in [5.41, 5.74) is 3.06. The summed E-state index contributed by atoms with van der Waals surface area (Å²) in [6.07, 6.45) is 0.716. The molecular formula is C34H41N3O4. The van der Waals surface area contributed by atoms with E-state index in [0.717, 1.165) is 16.7 Å². The summed E-state index contributed by atoms with van der Waals surface area (Å²) < 4.78 is 0. The Bertz CT molecular complexity index is 1320. The Balaban J connectivity index is 1.57. The highest BCUT2D eigenvalue weighted by Gasteiger charge is 2.27. The zero-order chi connectivity index (χ0) is 29.8. The lowest BCUT2D eigenvalue weighted by Crippen LogP contribution is -2.48. The third-order valence-electron chi connectivity index (χ3n) is 6.50. The smallest absolute Gasteiger partial charge is 0.251 e. The van der Waals surface area contributed by atoms with E-state index in [2.05, 4.69) is 16.0 Å². The Labute approximate surface area is 243 Å². The monoisotopic (exact) mass is 555 g/mol. The molecule has 7 heteroatoms. The van der Waals surface area contributed by atoms with E-state index in [1.165, 1.54) is 0 Å². The third kappa shape index (κ3) is 11.0. The molecule has 3 rings (SSSR count). The lowest BCUT2D eigenvalue weighted by molar-refractivity contribution is -0.131. The Morgan fingerprint density at radius 2 is 1.39 bits per heavy atom. The molecule has 0 aliphatic carbocycles. The van der Waals surface area contributed by atoms with Crippen LogP contribution in [0, 0.1) is 5.92 Å². The first-order chi connectivity index (χ1) is 19.5. The summed E-state index contributed by atoms with van der Waals surface area (Å²) in [5, 5.41) is 8.56. The number of nitrogens with one attached hydrogen (secondary N) is 3. The van der Waals surface area contributed by atoms with Gasteiger partial charge in [0, 0.05) is 30.5 Å². The average molecular weight is 556 g/mol. The fraction of sp³-hybridized carbons (Fsp3) is 0.353. The number of amides is 3. The maximum absolute atomic E-state index is 13.3. The molecule has 41 heavy (non-hydrogen) atoms. The Morgan fingerprint density at radius 3 is 2.05 bits per heavy atom. The normalized spacial score (nSPS) is 12.6. The van der Waals surface area contributed by atoms with Crippen molar-refractivity contribution in [3.8, 4) is 11.1 Å². The van der Waals surface area contributed by atoms with Gasteiger partial charge in [0.05, 0.1) is 12.5 Å². The molecule has 3 amide bonds. The van der Waals surface area contributed by atoms with Crippen LogP contribution in [0.15, 0.2) is 84.9 Å². The zero-order valence-corrected chi connectivity index (χ0v) is 24.4. The predicted molar refractivity (Wildman–Crippen MR) is 162 cm³/mol. The molecule has 7 nitrogen and oxygen atoms in total. The Kier molecular flexibility index (Phi) is 11.4. The maximum atomic E-state index is 13.3. The molecule has 0 aliphatic rings. The Hall–Kier alpha value is -4.26. The number of benzene rings is 3. The second kappa shape index (κ2) is 14.9. The summed E-state index contributed by atoms with van der Waals surface area (Å²) in [7, 11) is 0. The third-order valence-corrected chi connectivity index (χ3v) is 6.50. The number of hydrogen-bond donors (Lipinski definition) is 3. The lowest BCUT2D eigenvalue weighted by Gasteiger charge is -2.24. The van der Waals surface area contributed by atoms with Crippen LogP contribution in [0.5, 0.6) is 0 Å². The molecule has 0 aliphatic heterocycles. The molecule has 3 N–H and O–H groups in total. The van der Waals surface area contributed by atoms with Crippen LogP contribution < -0.4 is 16.0 Å². The van der Waals surface area contributed by atoms with E-state index in [0.29, 0.717) is 12.0 Å². The van der Waals surface area contributed by atoms with Gasteiger partial charge in [-0.1, -0.05) is 79.7 Å². The highest BCUT2D eigenvalue weighted by Crippen LogP contribution is 2.20. The van der Waals surface area contributed by atoms with Gasteiger partial charge in [0.2, 0.25) is 11.8 Å². The first kappa shape index (κ1) is 31.3. The standard InChI is InChI=1S/C34H41N3O4/c1-24(23-35-33(41)28-17-11-16-27(21-28)26-14-9-6-10-15-26)20-30(38)29(22-32(40)37-34(2,3)4)36-31(39)19-18-25-12-7-5-8-13-25/h5-17,21,24,29H,18-20,22-23H2,1-4H3,(H,35,41)(H,36,39)(H,37,40)/t24?,29-/m0/s1. The summed E-state index contributed by atoms with van der Waals surface area (Å²) >= 11 is 0. The van der Waals surface area contributed by atoms with Gasteiger partial charge in [-0.15, -0.1) is 0 Å². The molecule has 3 aromatic carbocycles. The van der Waals surface area contributed by atoms with Crippen molar-refractivity contribution in [2.24, 2.45) is 5.92 Å². The van der Waals surface area contributed by atoms with Gasteiger partial charge in [0.15, 0.2) is 5.78 Å². The van der Waals surface area contributed by atoms with Crippen LogP contribution in [0.4, 0.5) is 0 Å². The van der Waals surface area contributed by atoms with Crippen molar-refractivity contribution >= 4 is 23.5 Å². The van der Waals surface area contributed by atoms with Crippen molar-refractivity contribution in [2.75, 3.05) is 6.54 Å². The predicted octanol–water partition coefficient (Wildman–Crippen LogP) is 5.10. The van der Waals surface area contributed by atoms with Crippen LogP contribution in [0.1, 0.15) is 62.9 Å². The Morgan fingerprint density at radius 1 is 0.756 bits per heavy atom. The van der Waals surface area contributed by atoms with Crippen LogP contribution in [-0.2, 0) is 20.8 Å². The molecule has 0 radical (unpaired) electrons. The number of Topliss-reactive ketones (excluding diaryl/α,β-unsaturated/α-hetero) is 1. The quantitative estimate of drug-likeness (QED) is 0.273. The number of carbonyl (C=O) groups is 4. The van der Waals surface area contributed by atoms with Gasteiger partial charge < -0.3 is 16.0 Å². The number of ketones is 1. The summed E-state index contributed by atoms with van der Waals surface area (Å²) in [4.78, 5) is 51.5. The highest BCUT2D eigenvalue weighted by atomic mass is 16.2. The van der Waals surface area contributed by atoms with Crippen molar-refractivity contribution in [3.63, 3.8) is 0 Å². The highest BCUT2D eigenvalue weighted by molar-refractivity contribution is 5.96. The van der Waals surface area contributed by atoms with Crippen LogP contribution in [-0.4, -0.2) is 41.6 Å². The molecule has 0 saturated carbocycles. The SMILES string of the molecule is CC(CNC(=O)c1cccc(-c2ccccc2)c1)CC(=O)[C@H](CC(=O)NC(C)(C)C)NC(=O)CCc1ccccc1. The topological polar surface area (TPSA) is 104 Å². The molecule has 0 bridgehead atoms. The van der Waals surface area contributed by atoms with E-state index in [9.17, 15) is 19.2 Å². The van der Waals surface area contributed by atoms with Crippen LogP contribution >= 0.6 is 0 Å². The van der Waals surface area contributed by atoms with Crippen molar-refractivity contribution in [2.45, 2.75) is 65.0 Å². The van der Waals surface area contributed by atoms with Crippen molar-refractivity contribution in [1.29, 1.82) is 0 Å². The first-order valence-electron chi connectivity index (χ1n) is 14.1. The zero-order valence-electron chi connectivity index (χ0n) is 24.4. The number of aryl methyl sites for hydroxylation is 1. The van der Waals surface area contributed by atoms with Gasteiger partial charge in [-0.2, -0.15) is 0 Å². The van der Waals surface area contributed by atoms with Gasteiger partial charge in [0.25, 0.3) is 5.91 Å². The van der Waals surface area contributed by atoms with Gasteiger partial charge >= 0.3 is 0 Å². The summed E-state index contributed by atoms with van der Waals surface area (Å²) in [5.74, 6) is -1.25. The van der Waals surface area contributed by atoms with Crippen LogP contribution in [0.3, 0.4) is 0 Å². The molecule has 0 heterocycles. The summed E-state index contributed by atoms with van der Waals surface area (Å²) in [6.45, 7) is 7.73. The molecule has 216 valence electrons. The molecule has 0 spiro atoms. The van der Waals surface area contributed by atoms with Gasteiger partial charge in [-0.05, 0) is 61.9 Å².